The first-order valence-corrected chi connectivity index (χ1v) is 10.1. The Labute approximate surface area is 174 Å². The molecule has 5 nitrogen and oxygen atoms in total. The number of aromatic nitrogens is 1. The Morgan fingerprint density at radius 3 is 2.78 bits per heavy atom. The molecule has 0 radical (unpaired) electrons. The number of hydrogen-bond donors (Lipinski definition) is 2. The largest absolute Gasteiger partial charge is 0.340 e. The van der Waals surface area contributed by atoms with E-state index in [1.807, 2.05) is 47.6 Å². The van der Waals surface area contributed by atoms with E-state index in [-0.39, 0.29) is 0 Å². The lowest BCUT2D eigenvalue weighted by atomic mass is 10.1. The molecule has 0 spiro atoms. The number of pyridine rings is 1. The standard InChI is InChI=1S/C20H17Br2N5/c21-18(22)9-16-13-25-27-19(24-12-14-5-4-8-23-11-14)10-17(26-20(16)27)15-6-2-1-3-7-15/h1-11,25-26H,12-13H2. The third-order valence-electron chi connectivity index (χ3n) is 4.23. The molecule has 2 aliphatic heterocycles. The number of halogens is 2. The van der Waals surface area contributed by atoms with Gasteiger partial charge in [0.1, 0.15) is 11.7 Å². The van der Waals surface area contributed by atoms with E-state index in [1.165, 1.54) is 0 Å². The molecule has 0 fully saturated rings. The number of rotatable bonds is 4. The molecule has 4 rings (SSSR count). The van der Waals surface area contributed by atoms with E-state index in [0.29, 0.717) is 13.1 Å². The van der Waals surface area contributed by atoms with Crippen LogP contribution in [0.1, 0.15) is 11.1 Å². The van der Waals surface area contributed by atoms with Gasteiger partial charge in [0.25, 0.3) is 0 Å². The number of benzene rings is 1. The molecule has 0 bridgehead atoms. The van der Waals surface area contributed by atoms with E-state index in [4.69, 9.17) is 4.99 Å². The van der Waals surface area contributed by atoms with E-state index in [9.17, 15) is 0 Å². The van der Waals surface area contributed by atoms with E-state index in [0.717, 1.165) is 37.4 Å². The highest BCUT2D eigenvalue weighted by atomic mass is 79.9. The Hall–Kier alpha value is -2.22. The maximum atomic E-state index is 4.83. The molecule has 2 N–H and O–H groups in total. The molecular weight excluding hydrogens is 470 g/mol. The predicted octanol–water partition coefficient (Wildman–Crippen LogP) is 4.29. The van der Waals surface area contributed by atoms with Crippen LogP contribution in [-0.2, 0) is 6.54 Å². The van der Waals surface area contributed by atoms with Crippen LogP contribution in [0.25, 0.3) is 5.70 Å². The third-order valence-corrected chi connectivity index (χ3v) is 4.68. The first kappa shape index (κ1) is 18.2. The molecule has 3 heterocycles. The molecule has 0 aliphatic carbocycles. The zero-order valence-corrected chi connectivity index (χ0v) is 17.5. The van der Waals surface area contributed by atoms with Crippen molar-refractivity contribution in [3.63, 3.8) is 0 Å². The SMILES string of the molecule is BrC(Br)=CC1=C2NC(c3ccccc3)=CC(=NCc3cccnc3)N2NC1. The zero-order chi connectivity index (χ0) is 18.6. The van der Waals surface area contributed by atoms with Gasteiger partial charge < -0.3 is 5.32 Å². The molecular formula is C20H17Br2N5. The smallest absolute Gasteiger partial charge is 0.146 e. The minimum absolute atomic E-state index is 0.570. The van der Waals surface area contributed by atoms with Crippen LogP contribution in [0.15, 0.2) is 86.8 Å². The van der Waals surface area contributed by atoms with Crippen molar-refractivity contribution in [2.45, 2.75) is 6.54 Å². The fourth-order valence-electron chi connectivity index (χ4n) is 2.96. The molecule has 0 saturated carbocycles. The van der Waals surface area contributed by atoms with Gasteiger partial charge in [-0.2, -0.15) is 0 Å². The van der Waals surface area contributed by atoms with Gasteiger partial charge in [-0.25, -0.2) is 10.4 Å². The van der Waals surface area contributed by atoms with Crippen LogP contribution in [-0.4, -0.2) is 22.4 Å². The molecule has 136 valence electrons. The number of hydrazine groups is 1. The van der Waals surface area contributed by atoms with Crippen LogP contribution < -0.4 is 10.7 Å². The van der Waals surface area contributed by atoms with Crippen molar-refractivity contribution >= 4 is 43.4 Å². The molecule has 2 aliphatic rings. The van der Waals surface area contributed by atoms with Crippen molar-refractivity contribution in [3.05, 3.63) is 92.9 Å². The average molecular weight is 487 g/mol. The minimum atomic E-state index is 0.570. The summed E-state index contributed by atoms with van der Waals surface area (Å²) >= 11 is 6.91. The molecule has 0 amide bonds. The van der Waals surface area contributed by atoms with Gasteiger partial charge in [0.15, 0.2) is 0 Å². The highest BCUT2D eigenvalue weighted by Crippen LogP contribution is 2.27. The monoisotopic (exact) mass is 485 g/mol. The van der Waals surface area contributed by atoms with Gasteiger partial charge in [-0.15, -0.1) is 0 Å². The van der Waals surface area contributed by atoms with Crippen LogP contribution in [0.4, 0.5) is 0 Å². The highest BCUT2D eigenvalue weighted by Gasteiger charge is 2.29. The average Bonchev–Trinajstić information content (AvgIpc) is 3.10. The summed E-state index contributed by atoms with van der Waals surface area (Å²) in [5, 5.41) is 5.54. The van der Waals surface area contributed by atoms with E-state index >= 15 is 0 Å². The van der Waals surface area contributed by atoms with Crippen molar-refractivity contribution in [3.8, 4) is 0 Å². The van der Waals surface area contributed by atoms with Crippen molar-refractivity contribution in [2.75, 3.05) is 6.54 Å². The van der Waals surface area contributed by atoms with Crippen LogP contribution in [0.3, 0.4) is 0 Å². The second-order valence-corrected chi connectivity index (χ2v) is 8.84. The van der Waals surface area contributed by atoms with Gasteiger partial charge in [0, 0.05) is 30.6 Å². The molecule has 0 unspecified atom stereocenters. The van der Waals surface area contributed by atoms with Gasteiger partial charge in [-0.1, -0.05) is 36.4 Å². The number of hydrogen-bond acceptors (Lipinski definition) is 4. The van der Waals surface area contributed by atoms with Gasteiger partial charge in [0.05, 0.1) is 15.6 Å². The number of nitrogens with one attached hydrogen (secondary N) is 2. The normalized spacial score (nSPS) is 17.5. The van der Waals surface area contributed by atoms with Crippen molar-refractivity contribution < 1.29 is 0 Å². The number of aliphatic imine (C=N–C) groups is 1. The summed E-state index contributed by atoms with van der Waals surface area (Å²) in [6.45, 7) is 1.28. The fraction of sp³-hybridized carbons (Fsp3) is 0.100. The maximum absolute atomic E-state index is 4.83. The zero-order valence-electron chi connectivity index (χ0n) is 14.4. The van der Waals surface area contributed by atoms with Gasteiger partial charge in [-0.3, -0.25) is 9.98 Å². The van der Waals surface area contributed by atoms with Crippen molar-refractivity contribution in [1.82, 2.24) is 20.7 Å². The number of amidine groups is 1. The molecule has 7 heteroatoms. The third kappa shape index (κ3) is 4.21. The number of fused-ring (bicyclic) bond motifs is 1. The predicted molar refractivity (Wildman–Crippen MR) is 116 cm³/mol. The molecule has 0 atom stereocenters. The summed E-state index contributed by atoms with van der Waals surface area (Å²) in [5.41, 5.74) is 7.74. The Balaban J connectivity index is 1.74. The molecule has 1 aromatic heterocycles. The summed E-state index contributed by atoms with van der Waals surface area (Å²) in [5.74, 6) is 1.85. The van der Waals surface area contributed by atoms with Crippen molar-refractivity contribution in [2.24, 2.45) is 4.99 Å². The Morgan fingerprint density at radius 1 is 1.19 bits per heavy atom. The van der Waals surface area contributed by atoms with Crippen molar-refractivity contribution in [1.29, 1.82) is 0 Å². The van der Waals surface area contributed by atoms with Gasteiger partial charge >= 0.3 is 0 Å². The van der Waals surface area contributed by atoms with Crippen LogP contribution >= 0.6 is 31.9 Å². The molecule has 0 saturated heterocycles. The molecule has 27 heavy (non-hydrogen) atoms. The van der Waals surface area contributed by atoms with Crippen LogP contribution in [0.2, 0.25) is 0 Å². The van der Waals surface area contributed by atoms with Gasteiger partial charge in [0.2, 0.25) is 0 Å². The lowest BCUT2D eigenvalue weighted by Gasteiger charge is -2.29. The summed E-state index contributed by atoms with van der Waals surface area (Å²) < 4.78 is 0.896. The minimum Gasteiger partial charge on any atom is -0.340 e. The lowest BCUT2D eigenvalue weighted by molar-refractivity contribution is 0.411. The van der Waals surface area contributed by atoms with Crippen LogP contribution in [0.5, 0.6) is 0 Å². The maximum Gasteiger partial charge on any atom is 0.146 e. The second-order valence-electron chi connectivity index (χ2n) is 6.06. The van der Waals surface area contributed by atoms with E-state index in [2.05, 4.69) is 65.8 Å². The van der Waals surface area contributed by atoms with Gasteiger partial charge in [-0.05, 0) is 55.1 Å². The summed E-state index contributed by atoms with van der Waals surface area (Å²) in [6.07, 6.45) is 7.73. The summed E-state index contributed by atoms with van der Waals surface area (Å²) in [7, 11) is 0. The quantitative estimate of drug-likeness (QED) is 0.676. The fourth-order valence-corrected chi connectivity index (χ4v) is 3.52. The second kappa shape index (κ2) is 8.21. The topological polar surface area (TPSA) is 52.6 Å². The number of nitrogens with zero attached hydrogens (tertiary/aromatic N) is 3. The highest BCUT2D eigenvalue weighted by molar-refractivity contribution is 9.28. The Morgan fingerprint density at radius 2 is 2.04 bits per heavy atom. The summed E-state index contributed by atoms with van der Waals surface area (Å²) in [6, 6.07) is 14.2. The Bertz CT molecular complexity index is 945. The lowest BCUT2D eigenvalue weighted by Crippen LogP contribution is -2.43. The van der Waals surface area contributed by atoms with Crippen LogP contribution in [0, 0.1) is 0 Å². The summed E-state index contributed by atoms with van der Waals surface area (Å²) in [4.78, 5) is 9.00. The first-order valence-electron chi connectivity index (χ1n) is 8.48. The first-order chi connectivity index (χ1) is 13.2. The molecule has 2 aromatic rings. The molecule has 1 aromatic carbocycles. The van der Waals surface area contributed by atoms with E-state index < -0.39 is 0 Å². The Kier molecular flexibility index (Phi) is 5.52. The van der Waals surface area contributed by atoms with E-state index in [1.54, 1.807) is 6.20 Å².